The largest absolute Gasteiger partial charge is 0.319 e. The number of rotatable bonds is 2. The fourth-order valence-electron chi connectivity index (χ4n) is 1.67. The van der Waals surface area contributed by atoms with E-state index in [2.05, 4.69) is 21.0 Å². The standard InChI is InChI=1S/C11H10BrCl2N3/c1-17-11(8(12)5-16-17)10(15)7-4-6(13)2-3-9(7)14/h2-5,10H,15H2,1H3. The first-order valence-corrected chi connectivity index (χ1v) is 6.43. The molecular formula is C11H10BrCl2N3. The summed E-state index contributed by atoms with van der Waals surface area (Å²) in [6.45, 7) is 0. The highest BCUT2D eigenvalue weighted by atomic mass is 79.9. The van der Waals surface area contributed by atoms with Gasteiger partial charge < -0.3 is 5.73 Å². The molecule has 1 aromatic carbocycles. The Morgan fingerprint density at radius 3 is 2.71 bits per heavy atom. The van der Waals surface area contributed by atoms with Crippen LogP contribution in [0.3, 0.4) is 0 Å². The van der Waals surface area contributed by atoms with Crippen LogP contribution in [0.2, 0.25) is 10.0 Å². The molecule has 0 bridgehead atoms. The monoisotopic (exact) mass is 333 g/mol. The number of aromatic nitrogens is 2. The Hall–Kier alpha value is -0.550. The normalized spacial score (nSPS) is 12.8. The topological polar surface area (TPSA) is 43.8 Å². The van der Waals surface area contributed by atoms with Crippen LogP contribution >= 0.6 is 39.1 Å². The van der Waals surface area contributed by atoms with Crippen LogP contribution in [0.1, 0.15) is 17.3 Å². The molecule has 3 nitrogen and oxygen atoms in total. The third-order valence-electron chi connectivity index (χ3n) is 2.53. The Labute approximate surface area is 118 Å². The summed E-state index contributed by atoms with van der Waals surface area (Å²) in [4.78, 5) is 0. The molecule has 1 heterocycles. The molecule has 0 fully saturated rings. The van der Waals surface area contributed by atoms with Crippen LogP contribution in [-0.2, 0) is 7.05 Å². The van der Waals surface area contributed by atoms with E-state index in [0.717, 1.165) is 15.7 Å². The zero-order valence-electron chi connectivity index (χ0n) is 8.99. The van der Waals surface area contributed by atoms with Gasteiger partial charge in [-0.15, -0.1) is 0 Å². The smallest absolute Gasteiger partial charge is 0.0749 e. The molecule has 0 saturated heterocycles. The van der Waals surface area contributed by atoms with Crippen molar-refractivity contribution in [2.75, 3.05) is 0 Å². The molecule has 0 aliphatic rings. The Bertz CT molecular complexity index is 534. The minimum atomic E-state index is -0.372. The lowest BCUT2D eigenvalue weighted by atomic mass is 10.0. The van der Waals surface area contributed by atoms with Crippen molar-refractivity contribution >= 4 is 39.1 Å². The summed E-state index contributed by atoms with van der Waals surface area (Å²) < 4.78 is 2.56. The van der Waals surface area contributed by atoms with E-state index in [1.54, 1.807) is 29.1 Å². The second-order valence-electron chi connectivity index (χ2n) is 3.64. The van der Waals surface area contributed by atoms with Crippen molar-refractivity contribution in [3.8, 4) is 0 Å². The number of nitrogens with zero attached hydrogens (tertiary/aromatic N) is 2. The number of benzene rings is 1. The van der Waals surface area contributed by atoms with Gasteiger partial charge in [0.2, 0.25) is 0 Å². The lowest BCUT2D eigenvalue weighted by Crippen LogP contribution is -2.17. The van der Waals surface area contributed by atoms with Crippen LogP contribution in [0, 0.1) is 0 Å². The molecule has 2 aromatic rings. The van der Waals surface area contributed by atoms with E-state index in [9.17, 15) is 0 Å². The van der Waals surface area contributed by atoms with Crippen molar-refractivity contribution < 1.29 is 0 Å². The van der Waals surface area contributed by atoms with Gasteiger partial charge in [0.25, 0.3) is 0 Å². The van der Waals surface area contributed by atoms with Crippen molar-refractivity contribution in [1.82, 2.24) is 9.78 Å². The van der Waals surface area contributed by atoms with Crippen molar-refractivity contribution in [3.63, 3.8) is 0 Å². The highest BCUT2D eigenvalue weighted by Gasteiger charge is 2.19. The summed E-state index contributed by atoms with van der Waals surface area (Å²) in [5, 5.41) is 5.33. The summed E-state index contributed by atoms with van der Waals surface area (Å²) in [7, 11) is 1.83. The van der Waals surface area contributed by atoms with Gasteiger partial charge in [-0.05, 0) is 39.7 Å². The Balaban J connectivity index is 2.50. The number of halogens is 3. The van der Waals surface area contributed by atoms with Gasteiger partial charge in [0, 0.05) is 17.1 Å². The lowest BCUT2D eigenvalue weighted by molar-refractivity contribution is 0.671. The van der Waals surface area contributed by atoms with Crippen LogP contribution in [0.5, 0.6) is 0 Å². The van der Waals surface area contributed by atoms with Crippen LogP contribution in [0.25, 0.3) is 0 Å². The molecule has 2 N–H and O–H groups in total. The van der Waals surface area contributed by atoms with Gasteiger partial charge in [0.1, 0.15) is 0 Å². The van der Waals surface area contributed by atoms with E-state index >= 15 is 0 Å². The van der Waals surface area contributed by atoms with Gasteiger partial charge in [-0.3, -0.25) is 4.68 Å². The Morgan fingerprint density at radius 1 is 1.41 bits per heavy atom. The number of aryl methyl sites for hydroxylation is 1. The molecule has 0 spiro atoms. The average molecular weight is 335 g/mol. The first-order chi connectivity index (χ1) is 8.00. The Kier molecular flexibility index (Phi) is 3.78. The van der Waals surface area contributed by atoms with Crippen LogP contribution in [-0.4, -0.2) is 9.78 Å². The molecule has 17 heavy (non-hydrogen) atoms. The second-order valence-corrected chi connectivity index (χ2v) is 5.34. The highest BCUT2D eigenvalue weighted by Crippen LogP contribution is 2.31. The molecule has 6 heteroatoms. The molecule has 1 aromatic heterocycles. The summed E-state index contributed by atoms with van der Waals surface area (Å²) in [5.74, 6) is 0. The van der Waals surface area contributed by atoms with Crippen LogP contribution < -0.4 is 5.73 Å². The van der Waals surface area contributed by atoms with E-state index < -0.39 is 0 Å². The number of hydrogen-bond acceptors (Lipinski definition) is 2. The minimum Gasteiger partial charge on any atom is -0.319 e. The van der Waals surface area contributed by atoms with Gasteiger partial charge in [-0.2, -0.15) is 5.10 Å². The molecule has 2 rings (SSSR count). The zero-order valence-corrected chi connectivity index (χ0v) is 12.1. The fraction of sp³-hybridized carbons (Fsp3) is 0.182. The van der Waals surface area contributed by atoms with Gasteiger partial charge in [0.15, 0.2) is 0 Å². The van der Waals surface area contributed by atoms with Crippen LogP contribution in [0.4, 0.5) is 0 Å². The molecule has 0 aliphatic heterocycles. The summed E-state index contributed by atoms with van der Waals surface area (Å²) in [6, 6.07) is 4.87. The maximum atomic E-state index is 6.20. The van der Waals surface area contributed by atoms with E-state index in [-0.39, 0.29) is 6.04 Å². The molecule has 1 unspecified atom stereocenters. The van der Waals surface area contributed by atoms with Crippen molar-refractivity contribution in [3.05, 3.63) is 50.2 Å². The maximum Gasteiger partial charge on any atom is 0.0749 e. The van der Waals surface area contributed by atoms with Gasteiger partial charge >= 0.3 is 0 Å². The first kappa shape index (κ1) is 12.9. The number of nitrogens with two attached hydrogens (primary N) is 1. The molecule has 1 atom stereocenters. The Morgan fingerprint density at radius 2 is 2.12 bits per heavy atom. The molecule has 90 valence electrons. The molecular weight excluding hydrogens is 325 g/mol. The second kappa shape index (κ2) is 4.98. The zero-order chi connectivity index (χ0) is 12.6. The van der Waals surface area contributed by atoms with E-state index in [1.807, 2.05) is 7.05 Å². The molecule has 0 aliphatic carbocycles. The SMILES string of the molecule is Cn1ncc(Br)c1C(N)c1cc(Cl)ccc1Cl. The average Bonchev–Trinajstić information content (AvgIpc) is 2.61. The van der Waals surface area contributed by atoms with Gasteiger partial charge in [0.05, 0.1) is 22.4 Å². The maximum absolute atomic E-state index is 6.20. The van der Waals surface area contributed by atoms with E-state index in [0.29, 0.717) is 10.0 Å². The summed E-state index contributed by atoms with van der Waals surface area (Å²) in [6.07, 6.45) is 1.70. The van der Waals surface area contributed by atoms with Gasteiger partial charge in [-0.1, -0.05) is 23.2 Å². The quantitative estimate of drug-likeness (QED) is 0.912. The molecule has 0 amide bonds. The van der Waals surface area contributed by atoms with Gasteiger partial charge in [-0.25, -0.2) is 0 Å². The van der Waals surface area contributed by atoms with E-state index in [1.165, 1.54) is 0 Å². The summed E-state index contributed by atoms with van der Waals surface area (Å²) in [5.41, 5.74) is 7.83. The minimum absolute atomic E-state index is 0.372. The van der Waals surface area contributed by atoms with Crippen molar-refractivity contribution in [1.29, 1.82) is 0 Å². The lowest BCUT2D eigenvalue weighted by Gasteiger charge is -2.15. The van der Waals surface area contributed by atoms with Crippen LogP contribution in [0.15, 0.2) is 28.9 Å². The third-order valence-corrected chi connectivity index (χ3v) is 3.72. The number of hydrogen-bond donors (Lipinski definition) is 1. The van der Waals surface area contributed by atoms with Crippen molar-refractivity contribution in [2.45, 2.75) is 6.04 Å². The molecule has 0 radical (unpaired) electrons. The molecule has 0 saturated carbocycles. The first-order valence-electron chi connectivity index (χ1n) is 4.88. The predicted octanol–water partition coefficient (Wildman–Crippen LogP) is 3.54. The third kappa shape index (κ3) is 2.50. The highest BCUT2D eigenvalue weighted by molar-refractivity contribution is 9.10. The summed E-state index contributed by atoms with van der Waals surface area (Å²) >= 11 is 15.5. The van der Waals surface area contributed by atoms with E-state index in [4.69, 9.17) is 28.9 Å². The predicted molar refractivity (Wildman–Crippen MR) is 73.4 cm³/mol. The van der Waals surface area contributed by atoms with Crippen molar-refractivity contribution in [2.24, 2.45) is 12.8 Å². The fourth-order valence-corrected chi connectivity index (χ4v) is 2.68.